The van der Waals surface area contributed by atoms with Gasteiger partial charge in [-0.1, -0.05) is 20.3 Å². The summed E-state index contributed by atoms with van der Waals surface area (Å²) in [7, 11) is -3.90. The fraction of sp³-hybridized carbons (Fsp3) is 0.850. The van der Waals surface area contributed by atoms with Crippen LogP contribution in [0.15, 0.2) is 0 Å². The van der Waals surface area contributed by atoms with Crippen LogP contribution in [-0.4, -0.2) is 68.6 Å². The maximum Gasteiger partial charge on any atom is 0.335 e. The average molecular weight is 466 g/mol. The highest BCUT2D eigenvalue weighted by atomic mass is 32.2. The molecule has 0 saturated heterocycles. The van der Waals surface area contributed by atoms with Gasteiger partial charge in [0.15, 0.2) is 6.10 Å². The molecule has 10 nitrogen and oxygen atoms in total. The summed E-state index contributed by atoms with van der Waals surface area (Å²) in [5.74, 6) is -1.97. The van der Waals surface area contributed by atoms with Crippen LogP contribution in [0.1, 0.15) is 66.2 Å². The summed E-state index contributed by atoms with van der Waals surface area (Å²) in [5.41, 5.74) is -2.14. The molecule has 1 rings (SSSR count). The number of rotatable bonds is 12. The summed E-state index contributed by atoms with van der Waals surface area (Å²) >= 11 is 0. The maximum atomic E-state index is 12.4. The molecule has 1 aliphatic carbocycles. The van der Waals surface area contributed by atoms with E-state index in [1.807, 2.05) is 0 Å². The predicted octanol–water partition coefficient (Wildman–Crippen LogP) is 1.06. The number of ether oxygens (including phenoxy) is 2. The Morgan fingerprint density at radius 3 is 2.29 bits per heavy atom. The summed E-state index contributed by atoms with van der Waals surface area (Å²) in [6.07, 6.45) is 2.35. The van der Waals surface area contributed by atoms with E-state index in [1.54, 1.807) is 0 Å². The molecule has 2 N–H and O–H groups in total. The Balaban J connectivity index is 2.58. The van der Waals surface area contributed by atoms with Crippen LogP contribution in [0.25, 0.3) is 0 Å². The van der Waals surface area contributed by atoms with Crippen molar-refractivity contribution in [2.24, 2.45) is 5.41 Å². The number of aliphatic hydroxyl groups excluding tert-OH is 1. The third-order valence-corrected chi connectivity index (χ3v) is 6.39. The van der Waals surface area contributed by atoms with Crippen LogP contribution in [0.3, 0.4) is 0 Å². The largest absolute Gasteiger partial charge is 0.459 e. The molecule has 1 amide bonds. The van der Waals surface area contributed by atoms with E-state index in [0.717, 1.165) is 19.3 Å². The summed E-state index contributed by atoms with van der Waals surface area (Å²) < 4.78 is 39.7. The number of carbonyl (C=O) groups is 3. The van der Waals surface area contributed by atoms with Gasteiger partial charge in [-0.2, -0.15) is 8.42 Å². The average Bonchev–Trinajstić information content (AvgIpc) is 2.67. The fourth-order valence-electron chi connectivity index (χ4n) is 3.27. The van der Waals surface area contributed by atoms with Crippen LogP contribution in [0.2, 0.25) is 0 Å². The van der Waals surface area contributed by atoms with E-state index >= 15 is 0 Å². The van der Waals surface area contributed by atoms with Crippen LogP contribution in [0.5, 0.6) is 0 Å². The van der Waals surface area contributed by atoms with Crippen LogP contribution < -0.4 is 5.32 Å². The zero-order chi connectivity index (χ0) is 23.7. The molecule has 1 fully saturated rings. The first kappa shape index (κ1) is 27.3. The summed E-state index contributed by atoms with van der Waals surface area (Å²) in [6, 6.07) is 0. The molecule has 0 bridgehead atoms. The Hall–Kier alpha value is -1.72. The smallest absolute Gasteiger partial charge is 0.335 e. The summed E-state index contributed by atoms with van der Waals surface area (Å²) in [4.78, 5) is 34.7. The van der Waals surface area contributed by atoms with Crippen LogP contribution >= 0.6 is 0 Å². The van der Waals surface area contributed by atoms with Crippen molar-refractivity contribution in [2.45, 2.75) is 77.9 Å². The standard InChI is InChI=1S/C20H35NO9S/c1-15(22)21-11-8-12-31(26,27)29-13-19(3,4)17(24)18(25)28-14-20(30-16(2)23)9-6-5-7-10-20/h17,24H,5-14H2,1-4H3,(H,21,22)/t17-/m0/s1. The van der Waals surface area contributed by atoms with Crippen LogP contribution in [-0.2, 0) is 38.2 Å². The van der Waals surface area contributed by atoms with Crippen molar-refractivity contribution in [3.8, 4) is 0 Å². The van der Waals surface area contributed by atoms with Gasteiger partial charge in [0, 0.05) is 25.8 Å². The van der Waals surface area contributed by atoms with E-state index in [2.05, 4.69) is 5.32 Å². The lowest BCUT2D eigenvalue weighted by Gasteiger charge is -2.36. The Kier molecular flexibility index (Phi) is 10.4. The van der Waals surface area contributed by atoms with Gasteiger partial charge in [0.25, 0.3) is 10.1 Å². The SMILES string of the molecule is CC(=O)NCCCS(=O)(=O)OCC(C)(C)[C@@H](O)C(=O)OCC1(OC(C)=O)CCCCC1. The molecule has 1 saturated carbocycles. The van der Waals surface area contributed by atoms with E-state index in [4.69, 9.17) is 13.7 Å². The highest BCUT2D eigenvalue weighted by Crippen LogP contribution is 2.33. The van der Waals surface area contributed by atoms with Gasteiger partial charge in [-0.05, 0) is 32.1 Å². The zero-order valence-electron chi connectivity index (χ0n) is 18.8. The second kappa shape index (κ2) is 11.8. The fourth-order valence-corrected chi connectivity index (χ4v) is 4.37. The van der Waals surface area contributed by atoms with Gasteiger partial charge < -0.3 is 19.9 Å². The topological polar surface area (TPSA) is 145 Å². The molecule has 0 aromatic rings. The van der Waals surface area contributed by atoms with Crippen molar-refractivity contribution in [1.82, 2.24) is 5.32 Å². The van der Waals surface area contributed by atoms with E-state index < -0.39 is 45.8 Å². The van der Waals surface area contributed by atoms with Crippen molar-refractivity contribution in [3.05, 3.63) is 0 Å². The molecular weight excluding hydrogens is 430 g/mol. The second-order valence-electron chi connectivity index (χ2n) is 8.70. The lowest BCUT2D eigenvalue weighted by atomic mass is 9.85. The molecule has 0 spiro atoms. The van der Waals surface area contributed by atoms with Crippen LogP contribution in [0.4, 0.5) is 0 Å². The first-order chi connectivity index (χ1) is 14.3. The number of nitrogens with one attached hydrogen (secondary N) is 1. The van der Waals surface area contributed by atoms with Crippen LogP contribution in [0, 0.1) is 5.41 Å². The Bertz CT molecular complexity index is 727. The number of aliphatic hydroxyl groups is 1. The number of amides is 1. The van der Waals surface area contributed by atoms with Gasteiger partial charge in [0.1, 0.15) is 12.2 Å². The van der Waals surface area contributed by atoms with Gasteiger partial charge in [-0.3, -0.25) is 13.8 Å². The Labute approximate surface area is 184 Å². The quantitative estimate of drug-likeness (QED) is 0.245. The molecule has 0 aromatic carbocycles. The monoisotopic (exact) mass is 465 g/mol. The van der Waals surface area contributed by atoms with Gasteiger partial charge in [0.05, 0.1) is 12.4 Å². The molecule has 0 aliphatic heterocycles. The number of hydrogen-bond donors (Lipinski definition) is 2. The molecule has 0 aromatic heterocycles. The van der Waals surface area contributed by atoms with Crippen molar-refractivity contribution in [2.75, 3.05) is 25.5 Å². The lowest BCUT2D eigenvalue weighted by molar-refractivity contribution is -0.182. The Morgan fingerprint density at radius 1 is 1.13 bits per heavy atom. The first-order valence-electron chi connectivity index (χ1n) is 10.4. The maximum absolute atomic E-state index is 12.4. The normalized spacial score (nSPS) is 17.5. The minimum absolute atomic E-state index is 0.166. The molecule has 0 unspecified atom stereocenters. The molecule has 31 heavy (non-hydrogen) atoms. The van der Waals surface area contributed by atoms with Gasteiger partial charge in [-0.15, -0.1) is 0 Å². The van der Waals surface area contributed by atoms with Gasteiger partial charge >= 0.3 is 11.9 Å². The third-order valence-electron chi connectivity index (χ3n) is 5.12. The minimum Gasteiger partial charge on any atom is -0.459 e. The van der Waals surface area contributed by atoms with E-state index in [9.17, 15) is 27.9 Å². The molecule has 0 heterocycles. The van der Waals surface area contributed by atoms with E-state index in [-0.39, 0.29) is 31.2 Å². The summed E-state index contributed by atoms with van der Waals surface area (Å²) in [5, 5.41) is 12.9. The number of esters is 2. The number of hydrogen-bond acceptors (Lipinski definition) is 9. The Morgan fingerprint density at radius 2 is 1.74 bits per heavy atom. The van der Waals surface area contributed by atoms with E-state index in [0.29, 0.717) is 12.8 Å². The second-order valence-corrected chi connectivity index (χ2v) is 10.5. The zero-order valence-corrected chi connectivity index (χ0v) is 19.6. The highest BCUT2D eigenvalue weighted by molar-refractivity contribution is 7.86. The lowest BCUT2D eigenvalue weighted by Crippen LogP contribution is -2.46. The molecule has 180 valence electrons. The number of carbonyl (C=O) groups excluding carboxylic acids is 3. The molecule has 1 atom stereocenters. The predicted molar refractivity (Wildman–Crippen MR) is 111 cm³/mol. The van der Waals surface area contributed by atoms with Crippen molar-refractivity contribution < 1.29 is 41.6 Å². The van der Waals surface area contributed by atoms with Crippen molar-refractivity contribution in [1.29, 1.82) is 0 Å². The highest BCUT2D eigenvalue weighted by Gasteiger charge is 2.40. The van der Waals surface area contributed by atoms with Crippen molar-refractivity contribution >= 4 is 28.0 Å². The van der Waals surface area contributed by atoms with Gasteiger partial charge in [-0.25, -0.2) is 4.79 Å². The van der Waals surface area contributed by atoms with Gasteiger partial charge in [0.2, 0.25) is 5.91 Å². The molecule has 0 radical (unpaired) electrons. The molecular formula is C20H35NO9S. The van der Waals surface area contributed by atoms with E-state index in [1.165, 1.54) is 27.7 Å². The molecule has 11 heteroatoms. The minimum atomic E-state index is -3.90. The summed E-state index contributed by atoms with van der Waals surface area (Å²) in [6.45, 7) is 5.19. The third kappa shape index (κ3) is 9.96. The molecule has 1 aliphatic rings. The first-order valence-corrected chi connectivity index (χ1v) is 12.0. The van der Waals surface area contributed by atoms with Crippen molar-refractivity contribution in [3.63, 3.8) is 0 Å².